The van der Waals surface area contributed by atoms with Gasteiger partial charge in [0.25, 0.3) is 5.91 Å². The highest BCUT2D eigenvalue weighted by Crippen LogP contribution is 2.40. The Morgan fingerprint density at radius 2 is 1.65 bits per heavy atom. The molecule has 3 amide bonds. The van der Waals surface area contributed by atoms with E-state index in [0.29, 0.717) is 35.1 Å². The van der Waals surface area contributed by atoms with Crippen molar-refractivity contribution in [1.29, 1.82) is 0 Å². The summed E-state index contributed by atoms with van der Waals surface area (Å²) >= 11 is 0. The zero-order valence-corrected chi connectivity index (χ0v) is 29.1. The van der Waals surface area contributed by atoms with Crippen LogP contribution in [0.5, 0.6) is 17.2 Å². The monoisotopic (exact) mass is 674 g/mol. The molecule has 1 atom stereocenters. The fourth-order valence-corrected chi connectivity index (χ4v) is 6.34. The number of fused-ring (bicyclic) bond motifs is 1. The number of likely N-dealkylation sites (tertiary alicyclic amines) is 1. The second-order valence-electron chi connectivity index (χ2n) is 13.0. The number of hydrogen-bond donors (Lipinski definition) is 3. The van der Waals surface area contributed by atoms with Crippen molar-refractivity contribution in [1.82, 2.24) is 14.8 Å². The third-order valence-electron chi connectivity index (χ3n) is 8.09. The minimum Gasteiger partial charge on any atom is -0.492 e. The van der Waals surface area contributed by atoms with Gasteiger partial charge in [-0.05, 0) is 68.2 Å². The van der Waals surface area contributed by atoms with Crippen LogP contribution in [0.2, 0.25) is 0 Å². The Labute approximate surface area is 281 Å². The van der Waals surface area contributed by atoms with E-state index in [2.05, 4.69) is 20.3 Å². The Balaban J connectivity index is 1.40. The van der Waals surface area contributed by atoms with Crippen molar-refractivity contribution in [2.45, 2.75) is 45.2 Å². The number of benzene rings is 3. The van der Waals surface area contributed by atoms with E-state index in [4.69, 9.17) is 9.47 Å². The summed E-state index contributed by atoms with van der Waals surface area (Å²) in [5.41, 5.74) is 1.77. The van der Waals surface area contributed by atoms with E-state index < -0.39 is 16.1 Å². The lowest BCUT2D eigenvalue weighted by Crippen LogP contribution is -2.44. The van der Waals surface area contributed by atoms with Gasteiger partial charge in [0, 0.05) is 29.6 Å². The first kappa shape index (κ1) is 34.5. The number of nitrogens with zero attached hydrogens (tertiary/aromatic N) is 3. The summed E-state index contributed by atoms with van der Waals surface area (Å²) in [4.78, 5) is 35.0. The molecule has 1 unspecified atom stereocenters. The first-order valence-electron chi connectivity index (χ1n) is 15.6. The van der Waals surface area contributed by atoms with Crippen molar-refractivity contribution in [3.63, 3.8) is 0 Å². The van der Waals surface area contributed by atoms with Crippen molar-refractivity contribution in [3.05, 3.63) is 78.1 Å². The third-order valence-corrected chi connectivity index (χ3v) is 8.68. The Bertz CT molecular complexity index is 1960. The summed E-state index contributed by atoms with van der Waals surface area (Å²) in [5.74, 6) is 1.02. The van der Waals surface area contributed by atoms with Gasteiger partial charge >= 0.3 is 6.03 Å². The molecule has 2 heterocycles. The summed E-state index contributed by atoms with van der Waals surface area (Å²) < 4.78 is 38.5. The molecule has 3 aromatic carbocycles. The lowest BCUT2D eigenvalue weighted by atomic mass is 9.86. The maximum absolute atomic E-state index is 13.4. The number of ether oxygens (including phenoxy) is 2. The van der Waals surface area contributed by atoms with Crippen molar-refractivity contribution in [3.8, 4) is 17.2 Å². The standard InChI is InChI=1S/C35H42N6O6S/c1-35(2,3)22-19-27(32(46-6)28(20-22)39-48(7,44)45)38-34(43)37-26-14-15-30(25-12-9-8-11-24(25)26)47-23-16-17-36-29(21-23)33(42)41-18-10-13-31(41)40(4)5/h8-9,11-12,14-17,19-21,31,39H,10,13,18H2,1-7H3,(H2,37,38,43). The van der Waals surface area contributed by atoms with Gasteiger partial charge in [-0.15, -0.1) is 0 Å². The van der Waals surface area contributed by atoms with Crippen LogP contribution in [0, 0.1) is 0 Å². The number of urea groups is 1. The van der Waals surface area contributed by atoms with E-state index in [1.54, 1.807) is 42.6 Å². The molecule has 1 saturated heterocycles. The van der Waals surface area contributed by atoms with Crippen LogP contribution in [0.3, 0.4) is 0 Å². The number of nitrogens with one attached hydrogen (secondary N) is 3. The van der Waals surface area contributed by atoms with Crippen LogP contribution in [0.1, 0.15) is 49.7 Å². The molecule has 254 valence electrons. The Kier molecular flexibility index (Phi) is 9.83. The molecule has 1 fully saturated rings. The van der Waals surface area contributed by atoms with Crippen molar-refractivity contribution in [2.24, 2.45) is 0 Å². The van der Waals surface area contributed by atoms with Crippen molar-refractivity contribution < 1.29 is 27.5 Å². The van der Waals surface area contributed by atoms with E-state index in [-0.39, 0.29) is 28.9 Å². The predicted octanol–water partition coefficient (Wildman–Crippen LogP) is 6.47. The molecule has 3 N–H and O–H groups in total. The van der Waals surface area contributed by atoms with E-state index >= 15 is 0 Å². The van der Waals surface area contributed by atoms with Crippen LogP contribution >= 0.6 is 0 Å². The molecule has 12 nitrogen and oxygen atoms in total. The highest BCUT2D eigenvalue weighted by Gasteiger charge is 2.31. The van der Waals surface area contributed by atoms with Crippen LogP contribution < -0.4 is 24.8 Å². The minimum atomic E-state index is -3.63. The molecule has 0 aliphatic carbocycles. The molecule has 5 rings (SSSR count). The number of anilines is 3. The number of pyridine rings is 1. The van der Waals surface area contributed by atoms with Crippen LogP contribution in [-0.2, 0) is 15.4 Å². The lowest BCUT2D eigenvalue weighted by molar-refractivity contribution is 0.0578. The fourth-order valence-electron chi connectivity index (χ4n) is 5.78. The molecular weight excluding hydrogens is 632 g/mol. The summed E-state index contributed by atoms with van der Waals surface area (Å²) in [6.45, 7) is 6.63. The normalized spacial score (nSPS) is 15.0. The van der Waals surface area contributed by atoms with E-state index in [0.717, 1.165) is 35.4 Å². The summed E-state index contributed by atoms with van der Waals surface area (Å²) in [6, 6.07) is 17.2. The summed E-state index contributed by atoms with van der Waals surface area (Å²) in [7, 11) is 1.71. The molecule has 0 bridgehead atoms. The number of hydrogen-bond acceptors (Lipinski definition) is 8. The number of sulfonamides is 1. The van der Waals surface area contributed by atoms with E-state index in [1.165, 1.54) is 7.11 Å². The molecular formula is C35H42N6O6S. The fraction of sp³-hybridized carbons (Fsp3) is 0.343. The molecule has 0 radical (unpaired) electrons. The molecule has 4 aromatic rings. The van der Waals surface area contributed by atoms with Gasteiger partial charge in [-0.3, -0.25) is 19.4 Å². The van der Waals surface area contributed by atoms with Gasteiger partial charge in [-0.25, -0.2) is 13.2 Å². The smallest absolute Gasteiger partial charge is 0.323 e. The SMILES string of the molecule is COc1c(NC(=O)Nc2ccc(Oc3ccnc(C(=O)N4CCCC4N(C)C)c3)c3ccccc23)cc(C(C)(C)C)cc1NS(C)(=O)=O. The van der Waals surface area contributed by atoms with Crippen LogP contribution in [0.25, 0.3) is 10.8 Å². The number of carbonyl (C=O) groups excluding carboxylic acids is 2. The number of carbonyl (C=O) groups is 2. The first-order valence-corrected chi connectivity index (χ1v) is 17.4. The zero-order valence-electron chi connectivity index (χ0n) is 28.2. The predicted molar refractivity (Wildman–Crippen MR) is 189 cm³/mol. The second kappa shape index (κ2) is 13.7. The largest absolute Gasteiger partial charge is 0.492 e. The average Bonchev–Trinajstić information content (AvgIpc) is 3.51. The van der Waals surface area contributed by atoms with Gasteiger partial charge in [-0.1, -0.05) is 45.0 Å². The van der Waals surface area contributed by atoms with Crippen LogP contribution in [0.15, 0.2) is 66.9 Å². The molecule has 1 aliphatic heterocycles. The molecule has 1 aromatic heterocycles. The quantitative estimate of drug-likeness (QED) is 0.183. The van der Waals surface area contributed by atoms with Gasteiger partial charge in [0.05, 0.1) is 36.6 Å². The topological polar surface area (TPSA) is 142 Å². The minimum absolute atomic E-state index is 0.0276. The van der Waals surface area contributed by atoms with E-state index in [1.807, 2.05) is 68.9 Å². The van der Waals surface area contributed by atoms with Crippen molar-refractivity contribution in [2.75, 3.05) is 49.4 Å². The Morgan fingerprint density at radius 3 is 2.31 bits per heavy atom. The third kappa shape index (κ3) is 7.80. The second-order valence-corrected chi connectivity index (χ2v) is 14.8. The van der Waals surface area contributed by atoms with Gasteiger partial charge in [-0.2, -0.15) is 0 Å². The number of methoxy groups -OCH3 is 1. The zero-order chi connectivity index (χ0) is 34.8. The number of rotatable bonds is 9. The molecule has 0 saturated carbocycles. The van der Waals surface area contributed by atoms with Crippen molar-refractivity contribution >= 4 is 49.8 Å². The molecule has 1 aliphatic rings. The molecule has 0 spiro atoms. The Hall–Kier alpha value is -4.88. The van der Waals surface area contributed by atoms with Gasteiger partial charge in [0.15, 0.2) is 5.75 Å². The molecule has 13 heteroatoms. The summed E-state index contributed by atoms with van der Waals surface area (Å²) in [5, 5.41) is 7.19. The molecule has 48 heavy (non-hydrogen) atoms. The lowest BCUT2D eigenvalue weighted by Gasteiger charge is -2.29. The highest BCUT2D eigenvalue weighted by molar-refractivity contribution is 7.92. The highest BCUT2D eigenvalue weighted by atomic mass is 32.2. The first-order chi connectivity index (χ1) is 22.6. The number of amides is 3. The van der Waals surface area contributed by atoms with Crippen LogP contribution in [0.4, 0.5) is 21.9 Å². The maximum Gasteiger partial charge on any atom is 0.323 e. The summed E-state index contributed by atoms with van der Waals surface area (Å²) in [6.07, 6.45) is 4.49. The van der Waals surface area contributed by atoms with E-state index in [9.17, 15) is 18.0 Å². The van der Waals surface area contributed by atoms with Gasteiger partial charge < -0.3 is 25.0 Å². The van der Waals surface area contributed by atoms with Crippen LogP contribution in [-0.4, -0.2) is 75.3 Å². The average molecular weight is 675 g/mol. The van der Waals surface area contributed by atoms with Gasteiger partial charge in [0.2, 0.25) is 10.0 Å². The Morgan fingerprint density at radius 1 is 0.958 bits per heavy atom. The van der Waals surface area contributed by atoms with Gasteiger partial charge in [0.1, 0.15) is 17.2 Å². The number of aromatic nitrogens is 1. The maximum atomic E-state index is 13.4.